The van der Waals surface area contributed by atoms with Gasteiger partial charge in [0.05, 0.1) is 16.4 Å². The van der Waals surface area contributed by atoms with Crippen molar-refractivity contribution in [2.45, 2.75) is 32.7 Å². The Morgan fingerprint density at radius 2 is 1.51 bits per heavy atom. The van der Waals surface area contributed by atoms with Gasteiger partial charge in [-0.05, 0) is 25.5 Å². The molecule has 1 aromatic carbocycles. The molecule has 214 valence electrons. The van der Waals surface area contributed by atoms with Crippen LogP contribution in [-0.2, 0) is 16.1 Å². The number of amides is 1. The van der Waals surface area contributed by atoms with Gasteiger partial charge >= 0.3 is 24.3 Å². The lowest BCUT2D eigenvalue weighted by Gasteiger charge is -2.06. The van der Waals surface area contributed by atoms with E-state index in [-0.39, 0.29) is 22.7 Å². The number of carboxylic acid groups (broad SMARTS) is 2. The second-order valence-corrected chi connectivity index (χ2v) is 8.54. The smallest absolute Gasteiger partial charge is 0.475 e. The number of fused-ring (bicyclic) bond motifs is 1. The van der Waals surface area contributed by atoms with Gasteiger partial charge in [-0.1, -0.05) is 23.7 Å². The van der Waals surface area contributed by atoms with E-state index in [1.807, 2.05) is 6.92 Å². The van der Waals surface area contributed by atoms with E-state index in [1.165, 1.54) is 12.1 Å². The summed E-state index contributed by atoms with van der Waals surface area (Å²) in [6.45, 7) is 3.44. The summed E-state index contributed by atoms with van der Waals surface area (Å²) >= 11 is 7.34. The van der Waals surface area contributed by atoms with Gasteiger partial charge in [-0.15, -0.1) is 11.3 Å². The molecule has 0 aliphatic rings. The number of carbonyl (C=O) groups is 3. The largest absolute Gasteiger partial charge is 0.490 e. The van der Waals surface area contributed by atoms with E-state index in [0.29, 0.717) is 20.9 Å². The third kappa shape index (κ3) is 8.91. The van der Waals surface area contributed by atoms with Gasteiger partial charge in [0.15, 0.2) is 11.6 Å². The zero-order valence-corrected chi connectivity index (χ0v) is 21.0. The van der Waals surface area contributed by atoms with Crippen LogP contribution in [0, 0.1) is 25.5 Å². The van der Waals surface area contributed by atoms with Crippen LogP contribution in [0.15, 0.2) is 18.2 Å². The predicted molar refractivity (Wildman–Crippen MR) is 123 cm³/mol. The Morgan fingerprint density at radius 3 is 1.97 bits per heavy atom. The third-order valence-electron chi connectivity index (χ3n) is 4.38. The minimum absolute atomic E-state index is 0.0567. The molecule has 5 N–H and O–H groups in total. The van der Waals surface area contributed by atoms with E-state index in [2.05, 4.69) is 10.3 Å². The van der Waals surface area contributed by atoms with Crippen molar-refractivity contribution in [2.75, 3.05) is 5.73 Å². The number of benzene rings is 1. The van der Waals surface area contributed by atoms with Gasteiger partial charge in [0, 0.05) is 17.5 Å². The number of aryl methyl sites for hydroxylation is 2. The summed E-state index contributed by atoms with van der Waals surface area (Å²) in [4.78, 5) is 35.5. The molecule has 39 heavy (non-hydrogen) atoms. The molecule has 8 nitrogen and oxygen atoms in total. The molecule has 0 aliphatic carbocycles. The molecule has 18 heteroatoms. The Hall–Kier alpha value is -3.73. The molecule has 0 aliphatic heterocycles. The number of aromatic nitrogens is 1. The maximum Gasteiger partial charge on any atom is 0.490 e. The van der Waals surface area contributed by atoms with E-state index in [4.69, 9.17) is 37.1 Å². The molecule has 0 atom stereocenters. The summed E-state index contributed by atoms with van der Waals surface area (Å²) in [6, 6.07) is 3.80. The van der Waals surface area contributed by atoms with Crippen LogP contribution in [0.3, 0.4) is 0 Å². The minimum atomic E-state index is -5.08. The standard InChI is InChI=1S/C17H14ClF2N3OS.2C2HF3O2/c1-7-11-14(21)15(25-17(11)23-8(2)12(7)18)16(24)22-6-9-4-3-5-10(19)13(9)20;2*3-2(4,5)1(6)7/h3-5H,6,21H2,1-2H3,(H,22,24);2*(H,6,7). The molecule has 2 aromatic heterocycles. The number of carbonyl (C=O) groups excluding carboxylic acids is 1. The number of rotatable bonds is 3. The molecular formula is C21H16ClF8N3O5S. The Morgan fingerprint density at radius 1 is 1.03 bits per heavy atom. The van der Waals surface area contributed by atoms with Crippen molar-refractivity contribution in [3.05, 3.63) is 56.6 Å². The molecule has 0 saturated carbocycles. The second-order valence-electron chi connectivity index (χ2n) is 7.16. The number of nitrogens with one attached hydrogen (secondary N) is 1. The summed E-state index contributed by atoms with van der Waals surface area (Å²) in [5.74, 6) is -7.93. The lowest BCUT2D eigenvalue weighted by Crippen LogP contribution is -2.23. The Balaban J connectivity index is 0.000000449. The topological polar surface area (TPSA) is 143 Å². The van der Waals surface area contributed by atoms with Crippen LogP contribution in [0.25, 0.3) is 10.2 Å². The number of hydrogen-bond acceptors (Lipinski definition) is 6. The van der Waals surface area contributed by atoms with Crippen molar-refractivity contribution in [1.82, 2.24) is 10.3 Å². The van der Waals surface area contributed by atoms with Gasteiger partial charge < -0.3 is 21.3 Å². The van der Waals surface area contributed by atoms with Crippen LogP contribution >= 0.6 is 22.9 Å². The highest BCUT2D eigenvalue weighted by molar-refractivity contribution is 7.21. The molecule has 0 spiro atoms. The maximum absolute atomic E-state index is 13.7. The number of alkyl halides is 6. The summed E-state index contributed by atoms with van der Waals surface area (Å²) in [5.41, 5.74) is 7.85. The molecule has 0 fully saturated rings. The van der Waals surface area contributed by atoms with Crippen LogP contribution in [0.2, 0.25) is 5.02 Å². The lowest BCUT2D eigenvalue weighted by atomic mass is 10.1. The van der Waals surface area contributed by atoms with Crippen molar-refractivity contribution >= 4 is 56.7 Å². The molecule has 0 bridgehead atoms. The monoisotopic (exact) mass is 609 g/mol. The first kappa shape index (κ1) is 33.3. The summed E-state index contributed by atoms with van der Waals surface area (Å²) in [6.07, 6.45) is -10.2. The Bertz CT molecular complexity index is 1370. The number of pyridine rings is 1. The second kappa shape index (κ2) is 12.9. The van der Waals surface area contributed by atoms with Crippen molar-refractivity contribution < 1.29 is 59.7 Å². The highest BCUT2D eigenvalue weighted by atomic mass is 35.5. The zero-order chi connectivity index (χ0) is 30.5. The lowest BCUT2D eigenvalue weighted by molar-refractivity contribution is -0.193. The highest BCUT2D eigenvalue weighted by Crippen LogP contribution is 2.38. The van der Waals surface area contributed by atoms with E-state index >= 15 is 0 Å². The van der Waals surface area contributed by atoms with Crippen LogP contribution in [0.5, 0.6) is 0 Å². The number of aliphatic carboxylic acids is 2. The van der Waals surface area contributed by atoms with E-state index in [0.717, 1.165) is 23.0 Å². The SMILES string of the molecule is Cc1nc2sc(C(=O)NCc3cccc(F)c3F)c(N)c2c(C)c1Cl.O=C(O)C(F)(F)F.O=C(O)C(F)(F)F. The number of thiophene rings is 1. The number of nitrogens with zero attached hydrogens (tertiary/aromatic N) is 1. The minimum Gasteiger partial charge on any atom is -0.475 e. The average molecular weight is 610 g/mol. The highest BCUT2D eigenvalue weighted by Gasteiger charge is 2.38. The van der Waals surface area contributed by atoms with Crippen molar-refractivity contribution in [1.29, 1.82) is 0 Å². The van der Waals surface area contributed by atoms with Crippen LogP contribution in [-0.4, -0.2) is 45.4 Å². The number of anilines is 1. The number of nitrogen functional groups attached to an aromatic ring is 1. The summed E-state index contributed by atoms with van der Waals surface area (Å²) < 4.78 is 90.4. The number of halogens is 9. The maximum atomic E-state index is 13.7. The fourth-order valence-electron chi connectivity index (χ4n) is 2.56. The van der Waals surface area contributed by atoms with Gasteiger partial charge in [-0.2, -0.15) is 26.3 Å². The van der Waals surface area contributed by atoms with Crippen molar-refractivity contribution in [3.8, 4) is 0 Å². The van der Waals surface area contributed by atoms with Crippen LogP contribution in [0.4, 0.5) is 40.8 Å². The predicted octanol–water partition coefficient (Wildman–Crippen LogP) is 5.62. The number of carboxylic acids is 2. The first-order chi connectivity index (χ1) is 17.7. The molecular weight excluding hydrogens is 594 g/mol. The van der Waals surface area contributed by atoms with Gasteiger partial charge in [-0.25, -0.2) is 23.4 Å². The molecule has 0 saturated heterocycles. The molecule has 0 unspecified atom stereocenters. The molecule has 2 heterocycles. The molecule has 1 amide bonds. The van der Waals surface area contributed by atoms with Gasteiger partial charge in [0.2, 0.25) is 0 Å². The fourth-order valence-corrected chi connectivity index (χ4v) is 3.82. The summed E-state index contributed by atoms with van der Waals surface area (Å²) in [7, 11) is 0. The first-order valence-corrected chi connectivity index (χ1v) is 11.1. The Kier molecular flexibility index (Phi) is 11.0. The average Bonchev–Trinajstić information content (AvgIpc) is 3.14. The number of hydrogen-bond donors (Lipinski definition) is 4. The third-order valence-corrected chi connectivity index (χ3v) is 6.04. The van der Waals surface area contributed by atoms with E-state index in [9.17, 15) is 39.9 Å². The Labute approximate surface area is 222 Å². The van der Waals surface area contributed by atoms with Crippen molar-refractivity contribution in [2.24, 2.45) is 0 Å². The molecule has 0 radical (unpaired) electrons. The van der Waals surface area contributed by atoms with Crippen LogP contribution < -0.4 is 11.1 Å². The molecule has 3 rings (SSSR count). The molecule has 3 aromatic rings. The van der Waals surface area contributed by atoms with E-state index < -0.39 is 41.8 Å². The number of nitrogens with two attached hydrogens (primary N) is 1. The fraction of sp³-hybridized carbons (Fsp3) is 0.238. The first-order valence-electron chi connectivity index (χ1n) is 9.86. The van der Waals surface area contributed by atoms with Gasteiger partial charge in [0.1, 0.15) is 9.71 Å². The van der Waals surface area contributed by atoms with Crippen LogP contribution in [0.1, 0.15) is 26.5 Å². The zero-order valence-electron chi connectivity index (χ0n) is 19.4. The van der Waals surface area contributed by atoms with Gasteiger partial charge in [0.25, 0.3) is 5.91 Å². The van der Waals surface area contributed by atoms with Crippen molar-refractivity contribution in [3.63, 3.8) is 0 Å². The summed E-state index contributed by atoms with van der Waals surface area (Å²) in [5, 5.41) is 18.0. The van der Waals surface area contributed by atoms with Gasteiger partial charge in [-0.3, -0.25) is 4.79 Å². The quantitative estimate of drug-likeness (QED) is 0.282. The van der Waals surface area contributed by atoms with E-state index in [1.54, 1.807) is 6.92 Å². The normalized spacial score (nSPS) is 11.2.